The summed E-state index contributed by atoms with van der Waals surface area (Å²) >= 11 is 0. The van der Waals surface area contributed by atoms with Crippen molar-refractivity contribution in [3.63, 3.8) is 0 Å². The Labute approximate surface area is 163 Å². The maximum absolute atomic E-state index is 12.1. The lowest BCUT2D eigenvalue weighted by atomic mass is 10.0. The SMILES string of the molecule is CCOc1ccc2ccccc2c1/C=N/NC(=O)COc1ccccc1OC. The molecule has 0 spiro atoms. The van der Waals surface area contributed by atoms with Gasteiger partial charge in [-0.05, 0) is 35.9 Å². The van der Waals surface area contributed by atoms with Crippen molar-refractivity contribution in [2.75, 3.05) is 20.3 Å². The first-order valence-electron chi connectivity index (χ1n) is 8.95. The Bertz CT molecular complexity index is 985. The lowest BCUT2D eigenvalue weighted by molar-refractivity contribution is -0.123. The molecule has 0 fully saturated rings. The van der Waals surface area contributed by atoms with E-state index in [0.717, 1.165) is 16.3 Å². The summed E-state index contributed by atoms with van der Waals surface area (Å²) in [5.74, 6) is 1.40. The Morgan fingerprint density at radius 1 is 0.964 bits per heavy atom. The molecule has 3 aromatic carbocycles. The number of ether oxygens (including phenoxy) is 3. The first-order chi connectivity index (χ1) is 13.7. The van der Waals surface area contributed by atoms with Crippen LogP contribution in [0.5, 0.6) is 17.2 Å². The Balaban J connectivity index is 1.68. The second kappa shape index (κ2) is 9.41. The van der Waals surface area contributed by atoms with E-state index >= 15 is 0 Å². The largest absolute Gasteiger partial charge is 0.493 e. The predicted molar refractivity (Wildman–Crippen MR) is 109 cm³/mol. The van der Waals surface area contributed by atoms with Crippen LogP contribution < -0.4 is 19.6 Å². The van der Waals surface area contributed by atoms with Gasteiger partial charge in [0, 0.05) is 5.56 Å². The summed E-state index contributed by atoms with van der Waals surface area (Å²) in [6, 6.07) is 19.0. The van der Waals surface area contributed by atoms with E-state index in [-0.39, 0.29) is 12.5 Å². The van der Waals surface area contributed by atoms with Crippen molar-refractivity contribution in [2.45, 2.75) is 6.92 Å². The molecule has 0 atom stereocenters. The number of nitrogens with one attached hydrogen (secondary N) is 1. The lowest BCUT2D eigenvalue weighted by Crippen LogP contribution is -2.24. The molecule has 0 heterocycles. The molecule has 0 aliphatic rings. The number of carbonyl (C=O) groups is 1. The smallest absolute Gasteiger partial charge is 0.277 e. The van der Waals surface area contributed by atoms with Gasteiger partial charge < -0.3 is 14.2 Å². The van der Waals surface area contributed by atoms with Crippen molar-refractivity contribution >= 4 is 22.9 Å². The monoisotopic (exact) mass is 378 g/mol. The average Bonchev–Trinajstić information content (AvgIpc) is 2.73. The summed E-state index contributed by atoms with van der Waals surface area (Å²) in [4.78, 5) is 12.1. The molecule has 0 aromatic heterocycles. The number of hydrogen-bond acceptors (Lipinski definition) is 5. The number of methoxy groups -OCH3 is 1. The quantitative estimate of drug-likeness (QED) is 0.478. The van der Waals surface area contributed by atoms with Crippen LogP contribution in [0.2, 0.25) is 0 Å². The minimum absolute atomic E-state index is 0.175. The number of hydrogen-bond donors (Lipinski definition) is 1. The van der Waals surface area contributed by atoms with Crippen LogP contribution in [0.1, 0.15) is 12.5 Å². The molecule has 0 aliphatic heterocycles. The van der Waals surface area contributed by atoms with E-state index in [2.05, 4.69) is 10.5 Å². The average molecular weight is 378 g/mol. The molecule has 6 heteroatoms. The van der Waals surface area contributed by atoms with Crippen molar-refractivity contribution in [1.29, 1.82) is 0 Å². The van der Waals surface area contributed by atoms with Crippen LogP contribution in [0, 0.1) is 0 Å². The van der Waals surface area contributed by atoms with Gasteiger partial charge in [0.15, 0.2) is 18.1 Å². The van der Waals surface area contributed by atoms with E-state index in [9.17, 15) is 4.79 Å². The fourth-order valence-electron chi connectivity index (χ4n) is 2.77. The second-order valence-electron chi connectivity index (χ2n) is 5.86. The third-order valence-electron chi connectivity index (χ3n) is 4.04. The van der Waals surface area contributed by atoms with Crippen LogP contribution >= 0.6 is 0 Å². The van der Waals surface area contributed by atoms with Crippen LogP contribution in [0.3, 0.4) is 0 Å². The molecule has 3 aromatic rings. The minimum atomic E-state index is -0.375. The molecular weight excluding hydrogens is 356 g/mol. The van der Waals surface area contributed by atoms with E-state index in [1.54, 1.807) is 25.5 Å². The van der Waals surface area contributed by atoms with Crippen molar-refractivity contribution in [2.24, 2.45) is 5.10 Å². The van der Waals surface area contributed by atoms with Crippen LogP contribution in [0.25, 0.3) is 10.8 Å². The molecule has 6 nitrogen and oxygen atoms in total. The Kier molecular flexibility index (Phi) is 6.46. The molecule has 0 aliphatic carbocycles. The molecule has 0 unspecified atom stereocenters. The van der Waals surface area contributed by atoms with Gasteiger partial charge in [0.1, 0.15) is 5.75 Å². The molecular formula is C22H22N2O4. The van der Waals surface area contributed by atoms with Crippen molar-refractivity contribution in [3.05, 3.63) is 66.2 Å². The first-order valence-corrected chi connectivity index (χ1v) is 8.95. The third-order valence-corrected chi connectivity index (χ3v) is 4.04. The highest BCUT2D eigenvalue weighted by atomic mass is 16.5. The van der Waals surface area contributed by atoms with Gasteiger partial charge >= 0.3 is 0 Å². The van der Waals surface area contributed by atoms with Crippen LogP contribution in [0.4, 0.5) is 0 Å². The molecule has 0 saturated heterocycles. The zero-order chi connectivity index (χ0) is 19.8. The zero-order valence-corrected chi connectivity index (χ0v) is 15.8. The summed E-state index contributed by atoms with van der Waals surface area (Å²) in [5.41, 5.74) is 3.29. The van der Waals surface area contributed by atoms with E-state index in [4.69, 9.17) is 14.2 Å². The number of nitrogens with zero attached hydrogens (tertiary/aromatic N) is 1. The van der Waals surface area contributed by atoms with E-state index in [0.29, 0.717) is 23.9 Å². The minimum Gasteiger partial charge on any atom is -0.493 e. The van der Waals surface area contributed by atoms with Crippen molar-refractivity contribution in [1.82, 2.24) is 5.43 Å². The molecule has 0 saturated carbocycles. The molecule has 0 radical (unpaired) electrons. The number of rotatable bonds is 8. The maximum atomic E-state index is 12.1. The Morgan fingerprint density at radius 3 is 2.50 bits per heavy atom. The third kappa shape index (κ3) is 4.59. The predicted octanol–water partition coefficient (Wildman–Crippen LogP) is 3.78. The summed E-state index contributed by atoms with van der Waals surface area (Å²) in [5, 5.41) is 6.14. The van der Waals surface area contributed by atoms with Gasteiger partial charge in [-0.25, -0.2) is 5.43 Å². The Hall–Kier alpha value is -3.54. The van der Waals surface area contributed by atoms with Gasteiger partial charge in [-0.3, -0.25) is 4.79 Å². The van der Waals surface area contributed by atoms with Gasteiger partial charge in [-0.2, -0.15) is 5.10 Å². The van der Waals surface area contributed by atoms with E-state index in [1.165, 1.54) is 0 Å². The van der Waals surface area contributed by atoms with Gasteiger partial charge in [0.25, 0.3) is 5.91 Å². The number of carbonyl (C=O) groups excluding carboxylic acids is 1. The van der Waals surface area contributed by atoms with Crippen LogP contribution in [-0.4, -0.2) is 32.4 Å². The summed E-state index contributed by atoms with van der Waals surface area (Å²) < 4.78 is 16.4. The fraction of sp³-hybridized carbons (Fsp3) is 0.182. The number of amides is 1. The number of fused-ring (bicyclic) bond motifs is 1. The van der Waals surface area contributed by atoms with E-state index in [1.807, 2.05) is 55.5 Å². The second-order valence-corrected chi connectivity index (χ2v) is 5.86. The van der Waals surface area contributed by atoms with Gasteiger partial charge in [0.2, 0.25) is 0 Å². The van der Waals surface area contributed by atoms with E-state index < -0.39 is 0 Å². The highest BCUT2D eigenvalue weighted by molar-refractivity contribution is 6.02. The lowest BCUT2D eigenvalue weighted by Gasteiger charge is -2.10. The highest BCUT2D eigenvalue weighted by Gasteiger charge is 2.08. The normalized spacial score (nSPS) is 10.8. The first kappa shape index (κ1) is 19.2. The summed E-state index contributed by atoms with van der Waals surface area (Å²) in [7, 11) is 1.55. The standard InChI is InChI=1S/C22H22N2O4/c1-3-27-19-13-12-16-8-4-5-9-17(16)18(19)14-23-24-22(25)15-28-21-11-7-6-10-20(21)26-2/h4-14H,3,15H2,1-2H3,(H,24,25)/b23-14+. The number of para-hydroxylation sites is 2. The van der Waals surface area contributed by atoms with Gasteiger partial charge in [-0.1, -0.05) is 42.5 Å². The molecule has 28 heavy (non-hydrogen) atoms. The van der Waals surface area contributed by atoms with Crippen LogP contribution in [0.15, 0.2) is 65.8 Å². The van der Waals surface area contributed by atoms with Crippen LogP contribution in [-0.2, 0) is 4.79 Å². The molecule has 1 N–H and O–H groups in total. The van der Waals surface area contributed by atoms with Crippen molar-refractivity contribution < 1.29 is 19.0 Å². The van der Waals surface area contributed by atoms with Gasteiger partial charge in [0.05, 0.1) is 19.9 Å². The topological polar surface area (TPSA) is 69.2 Å². The molecule has 1 amide bonds. The zero-order valence-electron chi connectivity index (χ0n) is 15.8. The fourth-order valence-corrected chi connectivity index (χ4v) is 2.77. The molecule has 3 rings (SSSR count). The van der Waals surface area contributed by atoms with Gasteiger partial charge in [-0.15, -0.1) is 0 Å². The summed E-state index contributed by atoms with van der Waals surface area (Å²) in [6.45, 7) is 2.29. The maximum Gasteiger partial charge on any atom is 0.277 e. The summed E-state index contributed by atoms with van der Waals surface area (Å²) in [6.07, 6.45) is 1.59. The highest BCUT2D eigenvalue weighted by Crippen LogP contribution is 2.27. The van der Waals surface area contributed by atoms with Crippen molar-refractivity contribution in [3.8, 4) is 17.2 Å². The molecule has 144 valence electrons. The Morgan fingerprint density at radius 2 is 1.71 bits per heavy atom. The molecule has 0 bridgehead atoms. The number of benzene rings is 3. The number of hydrazone groups is 1.